The summed E-state index contributed by atoms with van der Waals surface area (Å²) < 4.78 is 14.1. The molecule has 0 fully saturated rings. The first kappa shape index (κ1) is 13.9. The third-order valence-electron chi connectivity index (χ3n) is 4.01. The van der Waals surface area contributed by atoms with Crippen LogP contribution in [0.15, 0.2) is 36.0 Å². The summed E-state index contributed by atoms with van der Waals surface area (Å²) in [4.78, 5) is 4.27. The van der Waals surface area contributed by atoms with Crippen LogP contribution in [0, 0.1) is 5.82 Å². The molecule has 0 radical (unpaired) electrons. The summed E-state index contributed by atoms with van der Waals surface area (Å²) in [5.74, 6) is -0.337. The van der Waals surface area contributed by atoms with Crippen LogP contribution in [0.4, 0.5) is 15.8 Å². The molecule has 1 aliphatic carbocycles. The molecule has 2 aromatic rings. The van der Waals surface area contributed by atoms with Gasteiger partial charge in [-0.1, -0.05) is 11.6 Å². The molecule has 0 spiro atoms. The average Bonchev–Trinajstić information content (AvgIpc) is 2.51. The lowest BCUT2D eigenvalue weighted by molar-refractivity contribution is 0.631. The van der Waals surface area contributed by atoms with E-state index in [9.17, 15) is 4.39 Å². The van der Waals surface area contributed by atoms with E-state index in [1.807, 2.05) is 12.1 Å². The number of pyridine rings is 1. The van der Waals surface area contributed by atoms with Crippen molar-refractivity contribution in [2.24, 2.45) is 0 Å². The maximum atomic E-state index is 14.1. The Balaban J connectivity index is 1.78. The first-order chi connectivity index (χ1) is 10.3. The number of nitrogens with zero attached hydrogens (tertiary/aromatic N) is 1. The summed E-state index contributed by atoms with van der Waals surface area (Å²) in [5, 5.41) is 3.99. The van der Waals surface area contributed by atoms with Crippen LogP contribution >= 0.6 is 0 Å². The number of nitrogens with two attached hydrogens (primary N) is 1. The van der Waals surface area contributed by atoms with E-state index < -0.39 is 0 Å². The van der Waals surface area contributed by atoms with E-state index in [1.54, 1.807) is 6.20 Å². The van der Waals surface area contributed by atoms with Crippen LogP contribution in [0.2, 0.25) is 0 Å². The Hall–Kier alpha value is -2.10. The van der Waals surface area contributed by atoms with Gasteiger partial charge in [0.2, 0.25) is 0 Å². The second kappa shape index (κ2) is 6.12. The SMILES string of the molecule is Nc1cc(F)c(NCCC2=CCCCC2)c2ncccc12. The van der Waals surface area contributed by atoms with Crippen LogP contribution in [-0.4, -0.2) is 11.5 Å². The van der Waals surface area contributed by atoms with E-state index in [4.69, 9.17) is 5.73 Å². The number of hydrogen-bond donors (Lipinski definition) is 2. The lowest BCUT2D eigenvalue weighted by Gasteiger charge is -2.15. The second-order valence-electron chi connectivity index (χ2n) is 5.51. The standard InChI is InChI=1S/C17H20FN3/c18-14-11-15(19)13-7-4-9-20-16(13)17(14)21-10-8-12-5-2-1-3-6-12/h4-5,7,9,11,21H,1-3,6,8,10,19H2. The zero-order valence-corrected chi connectivity index (χ0v) is 12.0. The molecule has 1 aromatic carbocycles. The highest BCUT2D eigenvalue weighted by molar-refractivity contribution is 5.98. The lowest BCUT2D eigenvalue weighted by atomic mass is 9.97. The smallest absolute Gasteiger partial charge is 0.150 e. The minimum atomic E-state index is -0.337. The number of halogens is 1. The molecular formula is C17H20FN3. The molecule has 4 heteroatoms. The predicted molar refractivity (Wildman–Crippen MR) is 85.8 cm³/mol. The van der Waals surface area contributed by atoms with Gasteiger partial charge in [-0.25, -0.2) is 4.39 Å². The summed E-state index contributed by atoms with van der Waals surface area (Å²) in [6.07, 6.45) is 9.85. The molecule has 3 rings (SSSR count). The third kappa shape index (κ3) is 2.99. The van der Waals surface area contributed by atoms with Crippen LogP contribution in [0.25, 0.3) is 10.9 Å². The molecule has 1 heterocycles. The van der Waals surface area contributed by atoms with Gasteiger partial charge in [0.1, 0.15) is 0 Å². The van der Waals surface area contributed by atoms with Gasteiger partial charge in [0.25, 0.3) is 0 Å². The molecular weight excluding hydrogens is 265 g/mol. The van der Waals surface area contributed by atoms with Gasteiger partial charge in [-0.3, -0.25) is 4.98 Å². The van der Waals surface area contributed by atoms with Crippen LogP contribution in [0.3, 0.4) is 0 Å². The fraction of sp³-hybridized carbons (Fsp3) is 0.353. The fourth-order valence-corrected chi connectivity index (χ4v) is 2.88. The number of nitrogens with one attached hydrogen (secondary N) is 1. The van der Waals surface area contributed by atoms with Crippen LogP contribution < -0.4 is 11.1 Å². The Kier molecular flexibility index (Phi) is 4.04. The van der Waals surface area contributed by atoms with E-state index in [2.05, 4.69) is 16.4 Å². The molecule has 1 aliphatic rings. The molecule has 1 aromatic heterocycles. The molecule has 0 amide bonds. The summed E-state index contributed by atoms with van der Waals surface area (Å²) >= 11 is 0. The molecule has 0 saturated carbocycles. The number of nitrogen functional groups attached to an aromatic ring is 1. The zero-order chi connectivity index (χ0) is 14.7. The van der Waals surface area contributed by atoms with Crippen molar-refractivity contribution in [3.8, 4) is 0 Å². The summed E-state index contributed by atoms with van der Waals surface area (Å²) in [5.41, 5.74) is 8.81. The quantitative estimate of drug-likeness (QED) is 0.652. The molecule has 0 aliphatic heterocycles. The van der Waals surface area contributed by atoms with Crippen molar-refractivity contribution >= 4 is 22.3 Å². The fourth-order valence-electron chi connectivity index (χ4n) is 2.88. The van der Waals surface area contributed by atoms with Crippen molar-refractivity contribution in [1.82, 2.24) is 4.98 Å². The summed E-state index contributed by atoms with van der Waals surface area (Å²) in [6, 6.07) is 5.05. The molecule has 0 bridgehead atoms. The Morgan fingerprint density at radius 2 is 2.24 bits per heavy atom. The van der Waals surface area contributed by atoms with E-state index in [0.717, 1.165) is 18.4 Å². The van der Waals surface area contributed by atoms with Crippen molar-refractivity contribution in [2.75, 3.05) is 17.6 Å². The maximum absolute atomic E-state index is 14.1. The topological polar surface area (TPSA) is 50.9 Å². The van der Waals surface area contributed by atoms with Gasteiger partial charge in [-0.15, -0.1) is 0 Å². The van der Waals surface area contributed by atoms with Crippen molar-refractivity contribution in [3.05, 3.63) is 41.9 Å². The Morgan fingerprint density at radius 3 is 3.05 bits per heavy atom. The van der Waals surface area contributed by atoms with Gasteiger partial charge in [0.05, 0.1) is 11.2 Å². The minimum absolute atomic E-state index is 0.337. The van der Waals surface area contributed by atoms with Crippen LogP contribution in [0.5, 0.6) is 0 Å². The van der Waals surface area contributed by atoms with Crippen LogP contribution in [0.1, 0.15) is 32.1 Å². The third-order valence-corrected chi connectivity index (χ3v) is 4.01. The Bertz CT molecular complexity index is 679. The van der Waals surface area contributed by atoms with Gasteiger partial charge >= 0.3 is 0 Å². The maximum Gasteiger partial charge on any atom is 0.150 e. The normalized spacial score (nSPS) is 15.0. The van der Waals surface area contributed by atoms with E-state index in [-0.39, 0.29) is 5.82 Å². The van der Waals surface area contributed by atoms with E-state index >= 15 is 0 Å². The summed E-state index contributed by atoms with van der Waals surface area (Å²) in [7, 11) is 0. The average molecular weight is 285 g/mol. The molecule has 3 nitrogen and oxygen atoms in total. The van der Waals surface area contributed by atoms with Crippen molar-refractivity contribution < 1.29 is 4.39 Å². The van der Waals surface area contributed by atoms with Gasteiger partial charge in [0, 0.05) is 23.8 Å². The Labute approximate surface area is 124 Å². The second-order valence-corrected chi connectivity index (χ2v) is 5.51. The number of allylic oxidation sites excluding steroid dienone is 1. The number of fused-ring (bicyclic) bond motifs is 1. The predicted octanol–water partition coefficient (Wildman–Crippen LogP) is 4.26. The van der Waals surface area contributed by atoms with Crippen LogP contribution in [-0.2, 0) is 0 Å². The number of anilines is 2. The molecule has 3 N–H and O–H groups in total. The van der Waals surface area contributed by atoms with Crippen molar-refractivity contribution in [1.29, 1.82) is 0 Å². The summed E-state index contributed by atoms with van der Waals surface area (Å²) in [6.45, 7) is 0.721. The number of rotatable bonds is 4. The number of benzene rings is 1. The molecule has 0 atom stereocenters. The van der Waals surface area contributed by atoms with E-state index in [0.29, 0.717) is 16.9 Å². The molecule has 0 unspecified atom stereocenters. The molecule has 110 valence electrons. The largest absolute Gasteiger partial charge is 0.398 e. The zero-order valence-electron chi connectivity index (χ0n) is 12.0. The minimum Gasteiger partial charge on any atom is -0.398 e. The molecule has 21 heavy (non-hydrogen) atoms. The Morgan fingerprint density at radius 1 is 1.33 bits per heavy atom. The van der Waals surface area contributed by atoms with E-state index in [1.165, 1.54) is 37.3 Å². The first-order valence-corrected chi connectivity index (χ1v) is 7.50. The van der Waals surface area contributed by atoms with Crippen molar-refractivity contribution in [3.63, 3.8) is 0 Å². The monoisotopic (exact) mass is 285 g/mol. The van der Waals surface area contributed by atoms with Gasteiger partial charge in [-0.2, -0.15) is 0 Å². The van der Waals surface area contributed by atoms with Gasteiger partial charge < -0.3 is 11.1 Å². The number of aromatic nitrogens is 1. The number of hydrogen-bond acceptors (Lipinski definition) is 3. The van der Waals surface area contributed by atoms with Crippen molar-refractivity contribution in [2.45, 2.75) is 32.1 Å². The lowest BCUT2D eigenvalue weighted by Crippen LogP contribution is -2.07. The highest BCUT2D eigenvalue weighted by atomic mass is 19.1. The molecule has 0 saturated heterocycles. The highest BCUT2D eigenvalue weighted by Gasteiger charge is 2.12. The van der Waals surface area contributed by atoms with Gasteiger partial charge in [0.15, 0.2) is 5.82 Å². The highest BCUT2D eigenvalue weighted by Crippen LogP contribution is 2.30. The first-order valence-electron chi connectivity index (χ1n) is 7.50. The van der Waals surface area contributed by atoms with Gasteiger partial charge in [-0.05, 0) is 50.3 Å².